The monoisotopic (exact) mass is 410 g/mol. The van der Waals surface area contributed by atoms with Crippen molar-refractivity contribution in [3.8, 4) is 0 Å². The summed E-state index contributed by atoms with van der Waals surface area (Å²) in [6.45, 7) is 14.6. The van der Waals surface area contributed by atoms with Gasteiger partial charge in [0.2, 0.25) is 21.0 Å². The third kappa shape index (κ3) is 6.98. The average molecular weight is 411 g/mol. The molecule has 0 N–H and O–H groups in total. The van der Waals surface area contributed by atoms with E-state index in [2.05, 4.69) is 6.92 Å². The normalized spacial score (nSPS) is 14.5. The smallest absolute Gasteiger partial charge is 0.248 e. The van der Waals surface area contributed by atoms with Crippen molar-refractivity contribution in [3.05, 3.63) is 0 Å². The first-order valence-corrected chi connectivity index (χ1v) is 12.3. The molecule has 0 aliphatic rings. The second-order valence-electron chi connectivity index (χ2n) is 6.03. The molecule has 0 bridgehead atoms. The molecule has 26 heavy (non-hydrogen) atoms. The molecule has 0 radical (unpaired) electrons. The number of hydrogen-bond donors (Lipinski definition) is 0. The summed E-state index contributed by atoms with van der Waals surface area (Å²) in [6.07, 6.45) is 3.89. The van der Waals surface area contributed by atoms with Gasteiger partial charge in [0.05, 0.1) is 0 Å². The molecule has 0 saturated carbocycles. The van der Waals surface area contributed by atoms with Crippen LogP contribution in [0.3, 0.4) is 0 Å². The summed E-state index contributed by atoms with van der Waals surface area (Å²) in [5, 5.41) is 0. The van der Waals surface area contributed by atoms with Crippen LogP contribution >= 0.6 is 0 Å². The van der Waals surface area contributed by atoms with E-state index in [1.165, 1.54) is 0 Å². The van der Waals surface area contributed by atoms with E-state index in [9.17, 15) is 0 Å². The van der Waals surface area contributed by atoms with Crippen LogP contribution in [0.25, 0.3) is 0 Å². The molecule has 0 aromatic carbocycles. The maximum Gasteiger partial charge on any atom is 0.248 e. The fourth-order valence-corrected chi connectivity index (χ4v) is 6.10. The van der Waals surface area contributed by atoms with Crippen LogP contribution in [0, 0.1) is 0 Å². The van der Waals surface area contributed by atoms with Crippen molar-refractivity contribution in [3.63, 3.8) is 0 Å². The van der Waals surface area contributed by atoms with E-state index in [4.69, 9.17) is 27.8 Å². The van der Waals surface area contributed by atoms with Gasteiger partial charge in [0.25, 0.3) is 0 Å². The first-order valence-electron chi connectivity index (χ1n) is 10.2. The Labute approximate surface area is 166 Å². The molecule has 0 aromatic rings. The summed E-state index contributed by atoms with van der Waals surface area (Å²) in [5.41, 5.74) is -1.03. The van der Waals surface area contributed by atoms with Gasteiger partial charge in [0.15, 0.2) is 0 Å². The van der Waals surface area contributed by atoms with Crippen LogP contribution in [0.1, 0.15) is 67.2 Å². The van der Waals surface area contributed by atoms with E-state index >= 15 is 0 Å². The van der Waals surface area contributed by atoms with Crippen molar-refractivity contribution >= 4 is 20.2 Å². The predicted molar refractivity (Wildman–Crippen MR) is 111 cm³/mol. The van der Waals surface area contributed by atoms with Crippen LogP contribution in [0.15, 0.2) is 0 Å². The molecule has 0 fully saturated rings. The SMILES string of the molecule is CCCCCC(OCC)C(OCC)(OCC)C(OCC)(OCC)[SiH2]O[SiH3]. The van der Waals surface area contributed by atoms with Gasteiger partial charge >= 0.3 is 0 Å². The van der Waals surface area contributed by atoms with Crippen molar-refractivity contribution in [2.75, 3.05) is 33.0 Å². The molecule has 0 aliphatic heterocycles. The first kappa shape index (κ1) is 26.2. The highest BCUT2D eigenvalue weighted by molar-refractivity contribution is 6.37. The van der Waals surface area contributed by atoms with E-state index in [1.807, 2.05) is 34.6 Å². The zero-order valence-corrected chi connectivity index (χ0v) is 21.5. The van der Waals surface area contributed by atoms with Gasteiger partial charge in [-0.3, -0.25) is 0 Å². The Morgan fingerprint density at radius 2 is 1.31 bits per heavy atom. The number of unbranched alkanes of at least 4 members (excludes halogenated alkanes) is 2. The van der Waals surface area contributed by atoms with Crippen LogP contribution < -0.4 is 0 Å². The molecule has 0 aromatic heterocycles. The summed E-state index contributed by atoms with van der Waals surface area (Å²) in [5.74, 6) is -1.12. The zero-order valence-electron chi connectivity index (χ0n) is 18.1. The molecule has 8 heteroatoms. The van der Waals surface area contributed by atoms with Gasteiger partial charge in [-0.25, -0.2) is 0 Å². The van der Waals surface area contributed by atoms with Crippen molar-refractivity contribution in [1.82, 2.24) is 0 Å². The second kappa shape index (κ2) is 15.2. The van der Waals surface area contributed by atoms with Crippen LogP contribution in [0.5, 0.6) is 0 Å². The van der Waals surface area contributed by atoms with Crippen molar-refractivity contribution < 1.29 is 27.8 Å². The van der Waals surface area contributed by atoms with Gasteiger partial charge in [0.1, 0.15) is 16.6 Å². The summed E-state index contributed by atoms with van der Waals surface area (Å²) in [7, 11) is -0.611. The Bertz CT molecular complexity index is 310. The number of hydrogen-bond acceptors (Lipinski definition) is 6. The maximum absolute atomic E-state index is 6.31. The maximum atomic E-state index is 6.31. The lowest BCUT2D eigenvalue weighted by Crippen LogP contribution is -2.70. The highest BCUT2D eigenvalue weighted by Crippen LogP contribution is 2.39. The highest BCUT2D eigenvalue weighted by Gasteiger charge is 2.61. The fourth-order valence-electron chi connectivity index (χ4n) is 3.37. The third-order valence-electron chi connectivity index (χ3n) is 4.20. The van der Waals surface area contributed by atoms with E-state index in [1.54, 1.807) is 0 Å². The molecule has 0 heterocycles. The van der Waals surface area contributed by atoms with Gasteiger partial charge in [-0.15, -0.1) is 0 Å². The first-order chi connectivity index (χ1) is 12.6. The van der Waals surface area contributed by atoms with Crippen molar-refractivity contribution in [2.45, 2.75) is 84.5 Å². The molecule has 0 aliphatic carbocycles. The lowest BCUT2D eigenvalue weighted by molar-refractivity contribution is -0.405. The summed E-state index contributed by atoms with van der Waals surface area (Å²) in [6, 6.07) is 0. The van der Waals surface area contributed by atoms with E-state index < -0.39 is 21.0 Å². The van der Waals surface area contributed by atoms with Crippen LogP contribution in [0.4, 0.5) is 0 Å². The molecule has 6 nitrogen and oxygen atoms in total. The largest absolute Gasteiger partial charge is 0.464 e. The lowest BCUT2D eigenvalue weighted by Gasteiger charge is -2.51. The topological polar surface area (TPSA) is 55.4 Å². The molecular formula is C18H42O6Si2. The van der Waals surface area contributed by atoms with Gasteiger partial charge < -0.3 is 27.8 Å². The van der Waals surface area contributed by atoms with Gasteiger partial charge in [-0.05, 0) is 41.0 Å². The van der Waals surface area contributed by atoms with Crippen LogP contribution in [-0.4, -0.2) is 70.6 Å². The molecule has 0 saturated heterocycles. The van der Waals surface area contributed by atoms with Crippen molar-refractivity contribution in [1.29, 1.82) is 0 Å². The van der Waals surface area contributed by atoms with E-state index in [0.29, 0.717) is 43.5 Å². The quantitative estimate of drug-likeness (QED) is 0.195. The number of ether oxygens (including phenoxy) is 5. The minimum atomic E-state index is -1.24. The van der Waals surface area contributed by atoms with Gasteiger partial charge in [-0.2, -0.15) is 0 Å². The fraction of sp³-hybridized carbons (Fsp3) is 1.00. The molecule has 158 valence electrons. The van der Waals surface area contributed by atoms with E-state index in [-0.39, 0.29) is 6.10 Å². The minimum absolute atomic E-state index is 0.277. The standard InChI is InChI=1S/C18H42O6Si2/c1-7-13-14-15-16(19-8-2)17(20-9-3,21-10-4)18(22-11-5,23-12-6)26-24-25/h16H,7-15,26H2,1-6,25H3. The van der Waals surface area contributed by atoms with Crippen LogP contribution in [-0.2, 0) is 27.8 Å². The Kier molecular flexibility index (Phi) is 15.3. The molecule has 1 atom stereocenters. The Morgan fingerprint density at radius 3 is 1.69 bits per heavy atom. The Morgan fingerprint density at radius 1 is 0.769 bits per heavy atom. The molecule has 1 unspecified atom stereocenters. The summed E-state index contributed by atoms with van der Waals surface area (Å²) in [4.78, 5) is 0. The molecular weight excluding hydrogens is 368 g/mol. The van der Waals surface area contributed by atoms with Crippen LogP contribution in [0.2, 0.25) is 0 Å². The molecule has 0 amide bonds. The minimum Gasteiger partial charge on any atom is -0.464 e. The molecule has 0 spiro atoms. The zero-order chi connectivity index (χ0) is 19.9. The second-order valence-corrected chi connectivity index (χ2v) is 9.55. The van der Waals surface area contributed by atoms with E-state index in [0.717, 1.165) is 25.7 Å². The Hall–Kier alpha value is 0.194. The summed E-state index contributed by atoms with van der Waals surface area (Å²) < 4.78 is 37.0. The van der Waals surface area contributed by atoms with Gasteiger partial charge in [-0.1, -0.05) is 26.2 Å². The summed E-state index contributed by atoms with van der Waals surface area (Å²) >= 11 is 0. The Balaban J connectivity index is 6.15. The highest BCUT2D eigenvalue weighted by atomic mass is 28.3. The average Bonchev–Trinajstić information content (AvgIpc) is 2.61. The number of rotatable bonds is 18. The predicted octanol–water partition coefficient (Wildman–Crippen LogP) is 1.85. The van der Waals surface area contributed by atoms with Crippen molar-refractivity contribution in [2.24, 2.45) is 0 Å². The van der Waals surface area contributed by atoms with Gasteiger partial charge in [0, 0.05) is 33.0 Å². The molecule has 0 rings (SSSR count). The third-order valence-corrected chi connectivity index (χ3v) is 6.64. The lowest BCUT2D eigenvalue weighted by atomic mass is 10.0.